The molecule has 2 aromatic rings. The Bertz CT molecular complexity index is 644. The molecule has 2 rings (SSSR count). The van der Waals surface area contributed by atoms with Crippen molar-refractivity contribution in [2.45, 2.75) is 0 Å². The second-order valence-corrected chi connectivity index (χ2v) is 3.77. The number of carbonyl (C=O) groups is 1. The third-order valence-corrected chi connectivity index (χ3v) is 2.65. The van der Waals surface area contributed by atoms with Crippen LogP contribution in [0.4, 0.5) is 10.2 Å². The van der Waals surface area contributed by atoms with Gasteiger partial charge in [-0.1, -0.05) is 0 Å². The van der Waals surface area contributed by atoms with Crippen LogP contribution in [0.25, 0.3) is 11.1 Å². The second-order valence-electron chi connectivity index (χ2n) is 3.77. The van der Waals surface area contributed by atoms with Crippen LogP contribution in [0.3, 0.4) is 0 Å². The van der Waals surface area contributed by atoms with Gasteiger partial charge in [-0.15, -0.1) is 0 Å². The number of anilines is 1. The van der Waals surface area contributed by atoms with Crippen LogP contribution in [0.15, 0.2) is 30.5 Å². The first-order valence-corrected chi connectivity index (χ1v) is 5.36. The standard InChI is InChI=1S/C13H11FN2O3/c1-19-10-3-2-7(14)6-9(10)8-4-5-16-12(15)11(8)13(17)18/h2-6H,1H3,(H2,15,16)(H,17,18). The minimum Gasteiger partial charge on any atom is -0.496 e. The fraction of sp³-hybridized carbons (Fsp3) is 0.0769. The van der Waals surface area contributed by atoms with Crippen molar-refractivity contribution in [1.82, 2.24) is 4.98 Å². The molecule has 0 spiro atoms. The number of methoxy groups -OCH3 is 1. The summed E-state index contributed by atoms with van der Waals surface area (Å²) >= 11 is 0. The van der Waals surface area contributed by atoms with E-state index in [4.69, 9.17) is 10.5 Å². The van der Waals surface area contributed by atoms with Crippen LogP contribution in [0.1, 0.15) is 10.4 Å². The molecule has 0 atom stereocenters. The molecule has 0 bridgehead atoms. The molecule has 0 amide bonds. The first-order valence-electron chi connectivity index (χ1n) is 5.36. The van der Waals surface area contributed by atoms with Crippen molar-refractivity contribution < 1.29 is 19.0 Å². The molecular formula is C13H11FN2O3. The van der Waals surface area contributed by atoms with Gasteiger partial charge in [-0.25, -0.2) is 14.2 Å². The van der Waals surface area contributed by atoms with Crippen LogP contribution in [0.2, 0.25) is 0 Å². The molecule has 0 unspecified atom stereocenters. The molecule has 0 aliphatic rings. The molecule has 0 fully saturated rings. The Morgan fingerprint density at radius 2 is 2.11 bits per heavy atom. The lowest BCUT2D eigenvalue weighted by Gasteiger charge is -2.12. The molecule has 0 saturated carbocycles. The van der Waals surface area contributed by atoms with Gasteiger partial charge in [-0.3, -0.25) is 0 Å². The number of aromatic nitrogens is 1. The predicted octanol–water partition coefficient (Wildman–Crippen LogP) is 2.18. The van der Waals surface area contributed by atoms with Gasteiger partial charge in [-0.2, -0.15) is 0 Å². The summed E-state index contributed by atoms with van der Waals surface area (Å²) in [7, 11) is 1.42. The van der Waals surface area contributed by atoms with E-state index < -0.39 is 11.8 Å². The number of nitrogens with zero attached hydrogens (tertiary/aromatic N) is 1. The van der Waals surface area contributed by atoms with Crippen molar-refractivity contribution in [2.24, 2.45) is 0 Å². The predicted molar refractivity (Wildman–Crippen MR) is 67.6 cm³/mol. The van der Waals surface area contributed by atoms with Crippen LogP contribution < -0.4 is 10.5 Å². The topological polar surface area (TPSA) is 85.4 Å². The van der Waals surface area contributed by atoms with Crippen molar-refractivity contribution in [3.63, 3.8) is 0 Å². The number of ether oxygens (including phenoxy) is 1. The monoisotopic (exact) mass is 262 g/mol. The number of halogens is 1. The van der Waals surface area contributed by atoms with E-state index in [9.17, 15) is 14.3 Å². The Morgan fingerprint density at radius 3 is 2.74 bits per heavy atom. The van der Waals surface area contributed by atoms with E-state index in [0.717, 1.165) is 0 Å². The van der Waals surface area contributed by atoms with Crippen molar-refractivity contribution in [3.05, 3.63) is 41.8 Å². The van der Waals surface area contributed by atoms with E-state index in [2.05, 4.69) is 4.98 Å². The van der Waals surface area contributed by atoms with E-state index in [1.165, 1.54) is 37.6 Å². The molecule has 1 heterocycles. The Hall–Kier alpha value is -2.63. The number of hydrogen-bond donors (Lipinski definition) is 2. The van der Waals surface area contributed by atoms with Crippen LogP contribution in [0, 0.1) is 5.82 Å². The number of rotatable bonds is 3. The minimum absolute atomic E-state index is 0.128. The first-order chi connectivity index (χ1) is 9.04. The van der Waals surface area contributed by atoms with Crippen LogP contribution in [-0.4, -0.2) is 23.2 Å². The third kappa shape index (κ3) is 2.33. The van der Waals surface area contributed by atoms with E-state index in [1.54, 1.807) is 0 Å². The third-order valence-electron chi connectivity index (χ3n) is 2.65. The summed E-state index contributed by atoms with van der Waals surface area (Å²) in [5.74, 6) is -1.50. The van der Waals surface area contributed by atoms with Crippen molar-refractivity contribution in [3.8, 4) is 16.9 Å². The fourth-order valence-corrected chi connectivity index (χ4v) is 1.82. The lowest BCUT2D eigenvalue weighted by molar-refractivity contribution is 0.0698. The number of pyridine rings is 1. The average Bonchev–Trinajstić information content (AvgIpc) is 2.37. The lowest BCUT2D eigenvalue weighted by atomic mass is 10.00. The Kier molecular flexibility index (Phi) is 3.33. The Balaban J connectivity index is 2.75. The molecule has 1 aromatic carbocycles. The van der Waals surface area contributed by atoms with Crippen LogP contribution >= 0.6 is 0 Å². The summed E-state index contributed by atoms with van der Waals surface area (Å²) in [5.41, 5.74) is 5.96. The smallest absolute Gasteiger partial charge is 0.340 e. The van der Waals surface area contributed by atoms with Crippen molar-refractivity contribution in [2.75, 3.05) is 12.8 Å². The number of carboxylic acid groups (broad SMARTS) is 1. The van der Waals surface area contributed by atoms with E-state index >= 15 is 0 Å². The molecule has 0 saturated heterocycles. The molecule has 5 nitrogen and oxygen atoms in total. The summed E-state index contributed by atoms with van der Waals surface area (Å²) < 4.78 is 18.5. The van der Waals surface area contributed by atoms with Gasteiger partial charge in [0.15, 0.2) is 0 Å². The molecule has 3 N–H and O–H groups in total. The molecule has 0 radical (unpaired) electrons. The molecule has 98 valence electrons. The van der Waals surface area contributed by atoms with E-state index in [0.29, 0.717) is 11.3 Å². The number of nitrogens with two attached hydrogens (primary N) is 1. The zero-order valence-corrected chi connectivity index (χ0v) is 10.1. The van der Waals surface area contributed by atoms with Crippen molar-refractivity contribution >= 4 is 11.8 Å². The minimum atomic E-state index is -1.23. The number of hydrogen-bond acceptors (Lipinski definition) is 4. The molecule has 19 heavy (non-hydrogen) atoms. The fourth-order valence-electron chi connectivity index (χ4n) is 1.82. The van der Waals surface area contributed by atoms with Crippen LogP contribution in [-0.2, 0) is 0 Å². The zero-order chi connectivity index (χ0) is 14.0. The van der Waals surface area contributed by atoms with Crippen LogP contribution in [0.5, 0.6) is 5.75 Å². The van der Waals surface area contributed by atoms with Gasteiger partial charge >= 0.3 is 5.97 Å². The summed E-state index contributed by atoms with van der Waals surface area (Å²) in [4.78, 5) is 15.0. The quantitative estimate of drug-likeness (QED) is 0.885. The number of benzene rings is 1. The molecule has 0 aliphatic carbocycles. The highest BCUT2D eigenvalue weighted by molar-refractivity contribution is 6.01. The molecule has 1 aromatic heterocycles. The Labute approximate surface area is 108 Å². The maximum absolute atomic E-state index is 13.4. The van der Waals surface area contributed by atoms with Gasteiger partial charge in [0, 0.05) is 17.3 Å². The van der Waals surface area contributed by atoms with E-state index in [-0.39, 0.29) is 16.9 Å². The zero-order valence-electron chi connectivity index (χ0n) is 10.1. The maximum atomic E-state index is 13.4. The number of nitrogen functional groups attached to an aromatic ring is 1. The summed E-state index contributed by atoms with van der Waals surface area (Å²) in [5, 5.41) is 9.19. The largest absolute Gasteiger partial charge is 0.496 e. The maximum Gasteiger partial charge on any atom is 0.340 e. The highest BCUT2D eigenvalue weighted by Gasteiger charge is 2.19. The highest BCUT2D eigenvalue weighted by Crippen LogP contribution is 2.34. The molecule has 0 aliphatic heterocycles. The first kappa shape index (κ1) is 12.8. The summed E-state index contributed by atoms with van der Waals surface area (Å²) in [6.07, 6.45) is 1.36. The van der Waals surface area contributed by atoms with Gasteiger partial charge < -0.3 is 15.6 Å². The van der Waals surface area contributed by atoms with Gasteiger partial charge in [0.25, 0.3) is 0 Å². The number of aromatic carboxylic acids is 1. The van der Waals surface area contributed by atoms with E-state index in [1.807, 2.05) is 0 Å². The normalized spacial score (nSPS) is 10.2. The van der Waals surface area contributed by atoms with Gasteiger partial charge in [0.1, 0.15) is 22.9 Å². The molecular weight excluding hydrogens is 251 g/mol. The molecule has 6 heteroatoms. The number of carboxylic acids is 1. The Morgan fingerprint density at radius 1 is 1.37 bits per heavy atom. The van der Waals surface area contributed by atoms with Gasteiger partial charge in [0.05, 0.1) is 7.11 Å². The summed E-state index contributed by atoms with van der Waals surface area (Å²) in [6.45, 7) is 0. The van der Waals surface area contributed by atoms with Gasteiger partial charge in [-0.05, 0) is 24.3 Å². The average molecular weight is 262 g/mol. The van der Waals surface area contributed by atoms with Gasteiger partial charge in [0.2, 0.25) is 0 Å². The second kappa shape index (κ2) is 4.93. The SMILES string of the molecule is COc1ccc(F)cc1-c1ccnc(N)c1C(=O)O. The summed E-state index contributed by atoms with van der Waals surface area (Å²) in [6, 6.07) is 5.30. The lowest BCUT2D eigenvalue weighted by Crippen LogP contribution is -2.07. The highest BCUT2D eigenvalue weighted by atomic mass is 19.1. The van der Waals surface area contributed by atoms with Crippen molar-refractivity contribution in [1.29, 1.82) is 0 Å².